The molecule has 1 aliphatic rings. The molecule has 1 aromatic heterocycles. The number of amides is 1. The van der Waals surface area contributed by atoms with E-state index in [2.05, 4.69) is 10.4 Å². The highest BCUT2D eigenvalue weighted by molar-refractivity contribution is 8.00. The Kier molecular flexibility index (Phi) is 4.33. The molecule has 1 aliphatic heterocycles. The van der Waals surface area contributed by atoms with Gasteiger partial charge >= 0.3 is 0 Å². The highest BCUT2D eigenvalue weighted by Gasteiger charge is 2.24. The number of benzene rings is 1. The van der Waals surface area contributed by atoms with Crippen LogP contribution < -0.4 is 11.1 Å². The maximum Gasteiger partial charge on any atom is 0.254 e. The second kappa shape index (κ2) is 6.41. The number of nitrogens with one attached hydrogen (secondary N) is 2. The Morgan fingerprint density at radius 2 is 2.17 bits per heavy atom. The Morgan fingerprint density at radius 1 is 1.43 bits per heavy atom. The highest BCUT2D eigenvalue weighted by atomic mass is 32.2. The largest absolute Gasteiger partial charge is 0.365 e. The summed E-state index contributed by atoms with van der Waals surface area (Å²) in [5.74, 6) is 0.980. The van der Waals surface area contributed by atoms with Gasteiger partial charge in [-0.3, -0.25) is 9.48 Å². The molecule has 1 saturated heterocycles. The fourth-order valence-electron chi connectivity index (χ4n) is 2.43. The van der Waals surface area contributed by atoms with Gasteiger partial charge in [0.15, 0.2) is 5.82 Å². The number of aromatic nitrogens is 2. The van der Waals surface area contributed by atoms with Gasteiger partial charge in [-0.15, -0.1) is 0 Å². The summed E-state index contributed by atoms with van der Waals surface area (Å²) in [5.41, 5.74) is 6.85. The Balaban J connectivity index is 1.91. The average Bonchev–Trinajstić information content (AvgIpc) is 2.94. The maximum atomic E-state index is 13.0. The van der Waals surface area contributed by atoms with Crippen LogP contribution >= 0.6 is 11.8 Å². The van der Waals surface area contributed by atoms with Crippen molar-refractivity contribution in [2.24, 2.45) is 5.73 Å². The summed E-state index contributed by atoms with van der Waals surface area (Å²) in [6, 6.07) is 5.59. The highest BCUT2D eigenvalue weighted by Crippen LogP contribution is 2.27. The summed E-state index contributed by atoms with van der Waals surface area (Å²) < 4.78 is 14.6. The molecular formula is C15H16FN5OS. The van der Waals surface area contributed by atoms with Gasteiger partial charge in [0.1, 0.15) is 11.4 Å². The summed E-state index contributed by atoms with van der Waals surface area (Å²) in [4.78, 5) is 11.7. The monoisotopic (exact) mass is 333 g/mol. The zero-order valence-corrected chi connectivity index (χ0v) is 13.1. The van der Waals surface area contributed by atoms with Crippen LogP contribution in [-0.4, -0.2) is 32.9 Å². The Labute approximate surface area is 136 Å². The Morgan fingerprint density at radius 3 is 2.83 bits per heavy atom. The predicted molar refractivity (Wildman–Crippen MR) is 89.1 cm³/mol. The van der Waals surface area contributed by atoms with Crippen LogP contribution in [0.5, 0.6) is 0 Å². The van der Waals surface area contributed by atoms with Crippen molar-refractivity contribution in [3.63, 3.8) is 0 Å². The molecule has 4 N–H and O–H groups in total. The zero-order chi connectivity index (χ0) is 16.4. The number of carbonyl (C=O) groups excluding carboxylic acids is 1. The number of hydrogen-bond donors (Lipinski definition) is 3. The molecule has 0 radical (unpaired) electrons. The second-order valence-electron chi connectivity index (χ2n) is 5.25. The van der Waals surface area contributed by atoms with E-state index in [1.165, 1.54) is 12.1 Å². The van der Waals surface area contributed by atoms with Gasteiger partial charge in [0.05, 0.1) is 6.04 Å². The molecule has 0 unspecified atom stereocenters. The lowest BCUT2D eigenvalue weighted by Crippen LogP contribution is -2.25. The predicted octanol–water partition coefficient (Wildman–Crippen LogP) is 2.56. The van der Waals surface area contributed by atoms with Gasteiger partial charge in [-0.1, -0.05) is 0 Å². The zero-order valence-electron chi connectivity index (χ0n) is 12.3. The van der Waals surface area contributed by atoms with E-state index in [-0.39, 0.29) is 17.4 Å². The standard InChI is InChI=1S/C15H16FN5OS/c16-9-1-3-10(4-2-9)19-15-11(14(18)22)7-21(20-15)13-5-6-23-8-12(13)17/h1-4,7,13,17H,5-6,8H2,(H2,18,22)(H,19,20)/t13-/m1/s1. The van der Waals surface area contributed by atoms with E-state index < -0.39 is 5.91 Å². The van der Waals surface area contributed by atoms with E-state index in [1.54, 1.807) is 34.8 Å². The first-order valence-electron chi connectivity index (χ1n) is 7.11. The third kappa shape index (κ3) is 3.37. The van der Waals surface area contributed by atoms with Crippen molar-refractivity contribution in [2.45, 2.75) is 12.5 Å². The molecule has 2 heterocycles. The van der Waals surface area contributed by atoms with Crippen LogP contribution in [0.3, 0.4) is 0 Å². The number of thioether (sulfide) groups is 1. The van der Waals surface area contributed by atoms with Crippen LogP contribution in [0, 0.1) is 11.2 Å². The number of anilines is 2. The second-order valence-corrected chi connectivity index (χ2v) is 6.36. The van der Waals surface area contributed by atoms with Crippen molar-refractivity contribution >= 4 is 34.9 Å². The number of hydrogen-bond acceptors (Lipinski definition) is 5. The first-order chi connectivity index (χ1) is 11.0. The molecule has 0 spiro atoms. The van der Waals surface area contributed by atoms with Crippen LogP contribution in [0.1, 0.15) is 22.8 Å². The van der Waals surface area contributed by atoms with E-state index in [0.29, 0.717) is 23.0 Å². The van der Waals surface area contributed by atoms with E-state index in [9.17, 15) is 9.18 Å². The summed E-state index contributed by atoms with van der Waals surface area (Å²) in [6.45, 7) is 0. The smallest absolute Gasteiger partial charge is 0.254 e. The molecule has 6 nitrogen and oxygen atoms in total. The minimum absolute atomic E-state index is 0.155. The minimum atomic E-state index is -0.599. The molecule has 1 amide bonds. The fraction of sp³-hybridized carbons (Fsp3) is 0.267. The topological polar surface area (TPSA) is 96.8 Å². The molecule has 0 aliphatic carbocycles. The van der Waals surface area contributed by atoms with E-state index in [4.69, 9.17) is 11.1 Å². The number of nitrogens with two attached hydrogens (primary N) is 1. The third-order valence-electron chi connectivity index (χ3n) is 3.62. The number of halogens is 1. The quantitative estimate of drug-likeness (QED) is 0.801. The molecule has 8 heteroatoms. The van der Waals surface area contributed by atoms with Crippen LogP contribution in [0.15, 0.2) is 30.5 Å². The number of rotatable bonds is 4. The molecule has 0 bridgehead atoms. The van der Waals surface area contributed by atoms with Gasteiger partial charge in [-0.25, -0.2) is 4.39 Å². The minimum Gasteiger partial charge on any atom is -0.365 e. The van der Waals surface area contributed by atoms with E-state index in [1.807, 2.05) is 0 Å². The van der Waals surface area contributed by atoms with Gasteiger partial charge in [0.2, 0.25) is 0 Å². The van der Waals surface area contributed by atoms with E-state index >= 15 is 0 Å². The Hall–Kier alpha value is -2.35. The van der Waals surface area contributed by atoms with Gasteiger partial charge in [0.25, 0.3) is 5.91 Å². The molecule has 120 valence electrons. The van der Waals surface area contributed by atoms with Crippen LogP contribution in [-0.2, 0) is 0 Å². The Bertz CT molecular complexity index is 743. The average molecular weight is 333 g/mol. The summed E-state index contributed by atoms with van der Waals surface area (Å²) >= 11 is 1.71. The molecule has 1 aromatic carbocycles. The lowest BCUT2D eigenvalue weighted by Gasteiger charge is -2.22. The summed E-state index contributed by atoms with van der Waals surface area (Å²) in [7, 11) is 0. The van der Waals surface area contributed by atoms with Gasteiger partial charge in [0, 0.05) is 23.3 Å². The molecule has 23 heavy (non-hydrogen) atoms. The molecule has 3 rings (SSSR count). The SMILES string of the molecule is N=C1CSCC[C@H]1n1cc(C(N)=O)c(Nc2ccc(F)cc2)n1. The van der Waals surface area contributed by atoms with Crippen molar-refractivity contribution in [2.75, 3.05) is 16.8 Å². The lowest BCUT2D eigenvalue weighted by molar-refractivity contribution is 0.100. The first kappa shape index (κ1) is 15.5. The van der Waals surface area contributed by atoms with Crippen molar-refractivity contribution in [3.05, 3.63) is 41.8 Å². The van der Waals surface area contributed by atoms with Crippen LogP contribution in [0.25, 0.3) is 0 Å². The molecule has 2 aromatic rings. The fourth-order valence-corrected chi connectivity index (χ4v) is 3.38. The van der Waals surface area contributed by atoms with Crippen molar-refractivity contribution in [1.29, 1.82) is 5.41 Å². The maximum absolute atomic E-state index is 13.0. The van der Waals surface area contributed by atoms with Crippen LogP contribution in [0.2, 0.25) is 0 Å². The molecular weight excluding hydrogens is 317 g/mol. The normalized spacial score (nSPS) is 18.0. The van der Waals surface area contributed by atoms with Gasteiger partial charge in [-0.2, -0.15) is 16.9 Å². The molecule has 1 fully saturated rings. The molecule has 1 atom stereocenters. The summed E-state index contributed by atoms with van der Waals surface area (Å²) in [6.07, 6.45) is 2.36. The first-order valence-corrected chi connectivity index (χ1v) is 8.26. The number of carbonyl (C=O) groups is 1. The van der Waals surface area contributed by atoms with Crippen molar-refractivity contribution < 1.29 is 9.18 Å². The molecule has 0 saturated carbocycles. The van der Waals surface area contributed by atoms with E-state index in [0.717, 1.165) is 12.2 Å². The van der Waals surface area contributed by atoms with Crippen molar-refractivity contribution in [1.82, 2.24) is 9.78 Å². The van der Waals surface area contributed by atoms with Crippen molar-refractivity contribution in [3.8, 4) is 0 Å². The van der Waals surface area contributed by atoms with Gasteiger partial charge in [-0.05, 0) is 36.4 Å². The van der Waals surface area contributed by atoms with Crippen LogP contribution in [0.4, 0.5) is 15.9 Å². The number of nitrogens with zero attached hydrogens (tertiary/aromatic N) is 2. The number of primary amides is 1. The third-order valence-corrected chi connectivity index (χ3v) is 4.66. The van der Waals surface area contributed by atoms with Gasteiger partial charge < -0.3 is 16.5 Å². The summed E-state index contributed by atoms with van der Waals surface area (Å²) in [5, 5.41) is 15.4. The lowest BCUT2D eigenvalue weighted by atomic mass is 10.1.